The summed E-state index contributed by atoms with van der Waals surface area (Å²) >= 11 is 0. The first kappa shape index (κ1) is 8.30. The molecule has 0 aliphatic rings. The smallest absolute Gasteiger partial charge is 0.124 e. The molecule has 1 aromatic carbocycles. The van der Waals surface area contributed by atoms with E-state index in [1.807, 2.05) is 6.07 Å². The van der Waals surface area contributed by atoms with Crippen molar-refractivity contribution in [1.82, 2.24) is 0 Å². The summed E-state index contributed by atoms with van der Waals surface area (Å²) in [5.41, 5.74) is 0.602. The number of rotatable bonds is 0. The van der Waals surface area contributed by atoms with E-state index in [-0.39, 0.29) is 12.2 Å². The van der Waals surface area contributed by atoms with Crippen LogP contribution in [-0.2, 0) is 0 Å². The Hall–Kier alpha value is -1.80. The fourth-order valence-electron chi connectivity index (χ4n) is 0.752. The van der Waals surface area contributed by atoms with Crippen LogP contribution in [0.15, 0.2) is 24.3 Å². The van der Waals surface area contributed by atoms with Crippen LogP contribution in [0.3, 0.4) is 0 Å². The molecule has 0 bridgehead atoms. The molecule has 0 fully saturated rings. The monoisotopic (exact) mass is 159 g/mol. The summed E-state index contributed by atoms with van der Waals surface area (Å²) in [6, 6.07) is 7.87. The van der Waals surface area contributed by atoms with Gasteiger partial charge in [0, 0.05) is 5.56 Å². The Balaban J connectivity index is 2.79. The molecule has 0 aliphatic carbocycles. The Labute approximate surface area is 70.4 Å². The van der Waals surface area contributed by atoms with Crippen molar-refractivity contribution in [1.29, 1.82) is 5.26 Å². The third-order valence-corrected chi connectivity index (χ3v) is 1.22. The van der Waals surface area contributed by atoms with Gasteiger partial charge >= 0.3 is 0 Å². The van der Waals surface area contributed by atoms with Gasteiger partial charge in [-0.2, -0.15) is 5.26 Å². The lowest BCUT2D eigenvalue weighted by Gasteiger charge is -1.88. The van der Waals surface area contributed by atoms with Crippen molar-refractivity contribution >= 4 is 0 Å². The number of halogens is 1. The molecule has 12 heavy (non-hydrogen) atoms. The predicted molar refractivity (Wildman–Crippen MR) is 43.5 cm³/mol. The van der Waals surface area contributed by atoms with Crippen molar-refractivity contribution in [3.05, 3.63) is 35.6 Å². The summed E-state index contributed by atoms with van der Waals surface area (Å²) < 4.78 is 12.5. The van der Waals surface area contributed by atoms with Gasteiger partial charge in [0.2, 0.25) is 0 Å². The lowest BCUT2D eigenvalue weighted by atomic mass is 10.2. The van der Waals surface area contributed by atoms with Crippen LogP contribution in [-0.4, -0.2) is 0 Å². The molecule has 1 aromatic rings. The molecule has 0 N–H and O–H groups in total. The molecule has 0 aliphatic heterocycles. The summed E-state index contributed by atoms with van der Waals surface area (Å²) in [6.45, 7) is 0. The second-order valence-electron chi connectivity index (χ2n) is 2.15. The van der Waals surface area contributed by atoms with Gasteiger partial charge in [-0.05, 0) is 18.2 Å². The van der Waals surface area contributed by atoms with Gasteiger partial charge in [-0.25, -0.2) is 4.39 Å². The molecule has 0 radical (unpaired) electrons. The largest absolute Gasteiger partial charge is 0.207 e. The summed E-state index contributed by atoms with van der Waals surface area (Å²) in [6.07, 6.45) is 0.177. The first-order chi connectivity index (χ1) is 5.83. The van der Waals surface area contributed by atoms with Gasteiger partial charge in [0.05, 0.1) is 12.5 Å². The maximum absolute atomic E-state index is 12.5. The highest BCUT2D eigenvalue weighted by molar-refractivity contribution is 5.34. The Morgan fingerprint density at radius 3 is 2.92 bits per heavy atom. The quantitative estimate of drug-likeness (QED) is 0.532. The van der Waals surface area contributed by atoms with E-state index < -0.39 is 0 Å². The van der Waals surface area contributed by atoms with Gasteiger partial charge < -0.3 is 0 Å². The van der Waals surface area contributed by atoms with Crippen molar-refractivity contribution in [2.75, 3.05) is 0 Å². The van der Waals surface area contributed by atoms with Crippen LogP contribution in [0, 0.1) is 29.0 Å². The summed E-state index contributed by atoms with van der Waals surface area (Å²) in [7, 11) is 0. The molecule has 1 nitrogen and oxygen atoms in total. The van der Waals surface area contributed by atoms with Crippen LogP contribution in [0.1, 0.15) is 12.0 Å². The Morgan fingerprint density at radius 1 is 1.42 bits per heavy atom. The van der Waals surface area contributed by atoms with Crippen LogP contribution < -0.4 is 0 Å². The highest BCUT2D eigenvalue weighted by Crippen LogP contribution is 2.00. The van der Waals surface area contributed by atoms with Crippen LogP contribution in [0.2, 0.25) is 0 Å². The van der Waals surface area contributed by atoms with Gasteiger partial charge in [0.15, 0.2) is 0 Å². The predicted octanol–water partition coefficient (Wildman–Crippen LogP) is 2.09. The standard InChI is InChI=1S/C10H6FN/c11-10-6-3-5-9(8-10)4-1-2-7-12/h3,5-6,8H,2H2. The van der Waals surface area contributed by atoms with E-state index >= 15 is 0 Å². The van der Waals surface area contributed by atoms with E-state index in [1.54, 1.807) is 12.1 Å². The SMILES string of the molecule is N#CCC#Cc1cccc(F)c1. The highest BCUT2D eigenvalue weighted by atomic mass is 19.1. The van der Waals surface area contributed by atoms with Crippen LogP contribution in [0.25, 0.3) is 0 Å². The first-order valence-electron chi connectivity index (χ1n) is 3.44. The molecule has 2 heteroatoms. The first-order valence-corrected chi connectivity index (χ1v) is 3.44. The fourth-order valence-corrected chi connectivity index (χ4v) is 0.752. The second-order valence-corrected chi connectivity index (χ2v) is 2.15. The molecule has 0 atom stereocenters. The minimum absolute atomic E-state index is 0.177. The molecular weight excluding hydrogens is 153 g/mol. The van der Waals surface area contributed by atoms with Gasteiger partial charge in [-0.15, -0.1) is 0 Å². The number of hydrogen-bond acceptors (Lipinski definition) is 1. The molecule has 0 heterocycles. The zero-order valence-electron chi connectivity index (χ0n) is 6.34. The van der Waals surface area contributed by atoms with E-state index in [0.717, 1.165) is 0 Å². The van der Waals surface area contributed by atoms with Crippen molar-refractivity contribution in [3.8, 4) is 17.9 Å². The molecule has 0 saturated heterocycles. The third kappa shape index (κ3) is 2.44. The van der Waals surface area contributed by atoms with Gasteiger partial charge in [-0.1, -0.05) is 17.9 Å². The molecule has 0 amide bonds. The molecular formula is C10H6FN. The van der Waals surface area contributed by atoms with Gasteiger partial charge in [0.1, 0.15) is 5.82 Å². The van der Waals surface area contributed by atoms with Crippen LogP contribution >= 0.6 is 0 Å². The Bertz CT molecular complexity index is 365. The van der Waals surface area contributed by atoms with E-state index in [9.17, 15) is 4.39 Å². The molecule has 1 rings (SSSR count). The molecule has 58 valence electrons. The van der Waals surface area contributed by atoms with Gasteiger partial charge in [-0.3, -0.25) is 0 Å². The zero-order valence-corrected chi connectivity index (χ0v) is 6.34. The lowest BCUT2D eigenvalue weighted by molar-refractivity contribution is 0.627. The van der Waals surface area contributed by atoms with Crippen LogP contribution in [0.4, 0.5) is 4.39 Å². The average Bonchev–Trinajstić information content (AvgIpc) is 2.05. The maximum Gasteiger partial charge on any atom is 0.124 e. The maximum atomic E-state index is 12.5. The summed E-state index contributed by atoms with van der Waals surface area (Å²) in [4.78, 5) is 0. The lowest BCUT2D eigenvalue weighted by Crippen LogP contribution is -1.76. The minimum atomic E-state index is -0.307. The van der Waals surface area contributed by atoms with E-state index in [4.69, 9.17) is 5.26 Å². The van der Waals surface area contributed by atoms with Crippen molar-refractivity contribution < 1.29 is 4.39 Å². The molecule has 0 aromatic heterocycles. The minimum Gasteiger partial charge on any atom is -0.207 e. The average molecular weight is 159 g/mol. The number of benzene rings is 1. The Morgan fingerprint density at radius 2 is 2.25 bits per heavy atom. The van der Waals surface area contributed by atoms with Gasteiger partial charge in [0.25, 0.3) is 0 Å². The second kappa shape index (κ2) is 4.16. The molecule has 0 saturated carbocycles. The third-order valence-electron chi connectivity index (χ3n) is 1.22. The number of nitriles is 1. The van der Waals surface area contributed by atoms with E-state index in [2.05, 4.69) is 11.8 Å². The van der Waals surface area contributed by atoms with E-state index in [0.29, 0.717) is 5.56 Å². The Kier molecular flexibility index (Phi) is 2.87. The zero-order chi connectivity index (χ0) is 8.81. The van der Waals surface area contributed by atoms with Crippen molar-refractivity contribution in [2.24, 2.45) is 0 Å². The summed E-state index contributed by atoms with van der Waals surface area (Å²) in [5, 5.41) is 8.17. The van der Waals surface area contributed by atoms with Crippen molar-refractivity contribution in [2.45, 2.75) is 6.42 Å². The normalized spacial score (nSPS) is 8.00. The fraction of sp³-hybridized carbons (Fsp3) is 0.100. The molecule has 0 spiro atoms. The number of nitrogens with zero attached hydrogens (tertiary/aromatic N) is 1. The van der Waals surface area contributed by atoms with Crippen molar-refractivity contribution in [3.63, 3.8) is 0 Å². The van der Waals surface area contributed by atoms with E-state index in [1.165, 1.54) is 12.1 Å². The number of hydrogen-bond donors (Lipinski definition) is 0. The topological polar surface area (TPSA) is 23.8 Å². The molecule has 0 unspecified atom stereocenters. The summed E-state index contributed by atoms with van der Waals surface area (Å²) in [5.74, 6) is 4.97. The highest BCUT2D eigenvalue weighted by Gasteiger charge is 1.88. The van der Waals surface area contributed by atoms with Crippen LogP contribution in [0.5, 0.6) is 0 Å².